The van der Waals surface area contributed by atoms with Crippen molar-refractivity contribution < 1.29 is 4.65 Å². The quantitative estimate of drug-likeness (QED) is 0.742. The second kappa shape index (κ2) is 8.21. The van der Waals surface area contributed by atoms with Crippen molar-refractivity contribution in [2.45, 2.75) is 13.8 Å². The summed E-state index contributed by atoms with van der Waals surface area (Å²) >= 11 is 12.6. The Hall–Kier alpha value is -0.995. The minimum atomic E-state index is -0.175. The highest BCUT2D eigenvalue weighted by Crippen LogP contribution is 2.15. The molecular weight excluding hydrogens is 328 g/mol. The number of benzene rings is 2. The SMILES string of the molecule is Cc1ccc(B(OCCN(C)C)c2ccc(C)c(Cl)c2)cc1Cl. The van der Waals surface area contributed by atoms with E-state index in [0.717, 1.165) is 38.6 Å². The van der Waals surface area contributed by atoms with Crippen molar-refractivity contribution in [2.75, 3.05) is 27.2 Å². The molecule has 0 aliphatic heterocycles. The third-order valence-corrected chi connectivity index (χ3v) is 4.63. The Morgan fingerprint density at radius 2 is 1.39 bits per heavy atom. The van der Waals surface area contributed by atoms with E-state index in [4.69, 9.17) is 27.9 Å². The average Bonchev–Trinajstić information content (AvgIpc) is 2.49. The van der Waals surface area contributed by atoms with Crippen molar-refractivity contribution in [2.24, 2.45) is 0 Å². The Bertz CT molecular complexity index is 625. The van der Waals surface area contributed by atoms with Crippen LogP contribution in [-0.2, 0) is 4.65 Å². The molecule has 0 spiro atoms. The number of hydrogen-bond donors (Lipinski definition) is 0. The zero-order valence-electron chi connectivity index (χ0n) is 14.1. The minimum absolute atomic E-state index is 0.175. The van der Waals surface area contributed by atoms with Crippen molar-refractivity contribution in [1.82, 2.24) is 4.90 Å². The summed E-state index contributed by atoms with van der Waals surface area (Å²) in [5.41, 5.74) is 4.20. The first kappa shape index (κ1) is 18.3. The molecule has 0 fully saturated rings. The van der Waals surface area contributed by atoms with Gasteiger partial charge in [0.2, 0.25) is 0 Å². The molecule has 5 heteroatoms. The molecule has 23 heavy (non-hydrogen) atoms. The molecule has 2 aromatic rings. The van der Waals surface area contributed by atoms with Crippen LogP contribution in [0.1, 0.15) is 11.1 Å². The van der Waals surface area contributed by atoms with Crippen molar-refractivity contribution in [3.8, 4) is 0 Å². The van der Waals surface area contributed by atoms with Gasteiger partial charge in [0.15, 0.2) is 0 Å². The van der Waals surface area contributed by atoms with E-state index in [1.54, 1.807) is 0 Å². The van der Waals surface area contributed by atoms with Crippen molar-refractivity contribution in [3.63, 3.8) is 0 Å². The lowest BCUT2D eigenvalue weighted by Gasteiger charge is -2.18. The first-order valence-electron chi connectivity index (χ1n) is 7.67. The molecule has 2 rings (SSSR count). The highest BCUT2D eigenvalue weighted by Gasteiger charge is 2.22. The zero-order chi connectivity index (χ0) is 17.0. The molecule has 0 unspecified atom stereocenters. The fourth-order valence-corrected chi connectivity index (χ4v) is 2.66. The molecule has 0 aliphatic rings. The average molecular weight is 350 g/mol. The number of hydrogen-bond acceptors (Lipinski definition) is 2. The van der Waals surface area contributed by atoms with E-state index in [0.29, 0.717) is 6.61 Å². The van der Waals surface area contributed by atoms with Gasteiger partial charge in [-0.1, -0.05) is 47.5 Å². The molecule has 2 nitrogen and oxygen atoms in total. The summed E-state index contributed by atoms with van der Waals surface area (Å²) in [5.74, 6) is 0. The number of likely N-dealkylation sites (N-methyl/N-ethyl adjacent to an activating group) is 1. The van der Waals surface area contributed by atoms with Crippen LogP contribution in [0.25, 0.3) is 0 Å². The molecule has 0 heterocycles. The number of nitrogens with zero attached hydrogens (tertiary/aromatic N) is 1. The summed E-state index contributed by atoms with van der Waals surface area (Å²) in [5, 5.41) is 1.50. The Kier molecular flexibility index (Phi) is 6.55. The summed E-state index contributed by atoms with van der Waals surface area (Å²) in [7, 11) is 4.06. The molecule has 0 saturated carbocycles. The summed E-state index contributed by atoms with van der Waals surface area (Å²) in [4.78, 5) is 2.10. The van der Waals surface area contributed by atoms with Crippen molar-refractivity contribution in [3.05, 3.63) is 57.6 Å². The van der Waals surface area contributed by atoms with Gasteiger partial charge >= 0.3 is 6.92 Å². The van der Waals surface area contributed by atoms with E-state index in [2.05, 4.69) is 17.0 Å². The summed E-state index contributed by atoms with van der Waals surface area (Å²) in [6, 6.07) is 12.1. The van der Waals surface area contributed by atoms with Crippen LogP contribution in [0.5, 0.6) is 0 Å². The molecule has 0 saturated heterocycles. The van der Waals surface area contributed by atoms with E-state index >= 15 is 0 Å². The van der Waals surface area contributed by atoms with Gasteiger partial charge in [-0.2, -0.15) is 0 Å². The monoisotopic (exact) mass is 349 g/mol. The number of aryl methyl sites for hydroxylation is 2. The molecule has 0 aromatic heterocycles. The summed E-state index contributed by atoms with van der Waals surface area (Å²) in [6.07, 6.45) is 0. The van der Waals surface area contributed by atoms with Gasteiger partial charge in [-0.25, -0.2) is 0 Å². The Balaban J connectivity index is 2.33. The lowest BCUT2D eigenvalue weighted by Crippen LogP contribution is -2.46. The molecule has 0 amide bonds. The van der Waals surface area contributed by atoms with E-state index < -0.39 is 0 Å². The molecule has 0 aliphatic carbocycles. The lowest BCUT2D eigenvalue weighted by molar-refractivity contribution is 0.269. The van der Waals surface area contributed by atoms with Crippen LogP contribution in [0.15, 0.2) is 36.4 Å². The second-order valence-electron chi connectivity index (χ2n) is 6.07. The largest absolute Gasteiger partial charge is 0.426 e. The first-order chi connectivity index (χ1) is 10.9. The zero-order valence-corrected chi connectivity index (χ0v) is 15.6. The van der Waals surface area contributed by atoms with Crippen LogP contribution >= 0.6 is 23.2 Å². The van der Waals surface area contributed by atoms with Gasteiger partial charge in [-0.15, -0.1) is 0 Å². The maximum absolute atomic E-state index is 6.30. The van der Waals surface area contributed by atoms with Crippen molar-refractivity contribution >= 4 is 41.0 Å². The van der Waals surface area contributed by atoms with Gasteiger partial charge in [0.25, 0.3) is 0 Å². The van der Waals surface area contributed by atoms with Gasteiger partial charge in [-0.3, -0.25) is 0 Å². The Morgan fingerprint density at radius 1 is 0.913 bits per heavy atom. The van der Waals surface area contributed by atoms with Crippen LogP contribution in [-0.4, -0.2) is 39.1 Å². The molecular formula is C18H22BCl2NO. The second-order valence-corrected chi connectivity index (χ2v) is 6.89. The number of halogens is 2. The van der Waals surface area contributed by atoms with Crippen LogP contribution in [0.2, 0.25) is 10.0 Å². The van der Waals surface area contributed by atoms with Gasteiger partial charge in [0.05, 0.1) is 0 Å². The van der Waals surface area contributed by atoms with Gasteiger partial charge in [0.1, 0.15) is 0 Å². The van der Waals surface area contributed by atoms with E-state index in [1.807, 2.05) is 52.2 Å². The molecule has 0 N–H and O–H groups in total. The standard InChI is InChI=1S/C18H22BCl2NO/c1-13-5-7-15(11-17(13)20)19(23-10-9-22(3)4)16-8-6-14(2)18(21)12-16/h5-8,11-12H,9-10H2,1-4H3. The maximum atomic E-state index is 6.30. The third-order valence-electron chi connectivity index (χ3n) is 3.82. The van der Waals surface area contributed by atoms with Gasteiger partial charge < -0.3 is 9.55 Å². The van der Waals surface area contributed by atoms with Gasteiger partial charge in [-0.05, 0) is 62.1 Å². The molecule has 122 valence electrons. The fourth-order valence-electron chi connectivity index (χ4n) is 2.28. The fraction of sp³-hybridized carbons (Fsp3) is 0.333. The van der Waals surface area contributed by atoms with Crippen LogP contribution in [0.4, 0.5) is 0 Å². The normalized spacial score (nSPS) is 11.1. The number of rotatable bonds is 6. The maximum Gasteiger partial charge on any atom is 0.361 e. The lowest BCUT2D eigenvalue weighted by atomic mass is 9.55. The predicted octanol–water partition coefficient (Wildman–Crippen LogP) is 3.29. The van der Waals surface area contributed by atoms with Crippen LogP contribution < -0.4 is 10.9 Å². The first-order valence-corrected chi connectivity index (χ1v) is 8.42. The molecule has 0 bridgehead atoms. The van der Waals surface area contributed by atoms with E-state index in [9.17, 15) is 0 Å². The van der Waals surface area contributed by atoms with Gasteiger partial charge in [0, 0.05) is 23.2 Å². The predicted molar refractivity (Wildman–Crippen MR) is 102 cm³/mol. The Morgan fingerprint density at radius 3 is 1.78 bits per heavy atom. The third kappa shape index (κ3) is 4.99. The molecule has 0 atom stereocenters. The van der Waals surface area contributed by atoms with E-state index in [1.165, 1.54) is 0 Å². The smallest absolute Gasteiger partial charge is 0.361 e. The highest BCUT2D eigenvalue weighted by molar-refractivity contribution is 6.80. The van der Waals surface area contributed by atoms with E-state index in [-0.39, 0.29) is 6.92 Å². The summed E-state index contributed by atoms with van der Waals surface area (Å²) in [6.45, 7) is 5.31. The summed E-state index contributed by atoms with van der Waals surface area (Å²) < 4.78 is 6.16. The molecule has 2 aromatic carbocycles. The topological polar surface area (TPSA) is 12.5 Å². The van der Waals surface area contributed by atoms with Crippen LogP contribution in [0.3, 0.4) is 0 Å². The minimum Gasteiger partial charge on any atom is -0.426 e. The molecule has 0 radical (unpaired) electrons. The highest BCUT2D eigenvalue weighted by atomic mass is 35.5. The van der Waals surface area contributed by atoms with Crippen molar-refractivity contribution in [1.29, 1.82) is 0 Å². The van der Waals surface area contributed by atoms with Crippen LogP contribution in [0, 0.1) is 13.8 Å². The Labute approximate surface area is 149 Å².